The third-order valence-electron chi connectivity index (χ3n) is 4.16. The second-order valence-corrected chi connectivity index (χ2v) is 13.8. The van der Waals surface area contributed by atoms with Crippen molar-refractivity contribution in [3.05, 3.63) is 69.5 Å². The number of sulfonamides is 1. The minimum atomic E-state index is -4.90. The highest BCUT2D eigenvalue weighted by Gasteiger charge is 2.29. The molecule has 0 saturated carbocycles. The quantitative estimate of drug-likeness (QED) is 0.0967. The molecule has 196 valence electrons. The summed E-state index contributed by atoms with van der Waals surface area (Å²) in [5, 5.41) is 14.5. The summed E-state index contributed by atoms with van der Waals surface area (Å²) in [6.07, 6.45) is -3.12. The average molecular weight is 647 g/mol. The van der Waals surface area contributed by atoms with Crippen molar-refractivity contribution >= 4 is 64.6 Å². The molecule has 8 nitrogen and oxygen atoms in total. The van der Waals surface area contributed by atoms with Gasteiger partial charge in [-0.1, -0.05) is 43.5 Å². The molecule has 1 atom stereocenters. The van der Waals surface area contributed by atoms with E-state index in [1.807, 2.05) is 11.8 Å². The van der Waals surface area contributed by atoms with Crippen molar-refractivity contribution in [3.63, 3.8) is 0 Å². The molecule has 4 N–H and O–H groups in total. The number of nitrogens with zero attached hydrogens (tertiary/aromatic N) is 1. The Bertz CT molecular complexity index is 1470. The van der Waals surface area contributed by atoms with Crippen LogP contribution in [0.1, 0.15) is 10.4 Å². The highest BCUT2D eigenvalue weighted by atomic mass is 79.9. The van der Waals surface area contributed by atoms with Crippen molar-refractivity contribution in [1.29, 1.82) is 5.41 Å². The van der Waals surface area contributed by atoms with E-state index in [0.29, 0.717) is 13.6 Å². The largest absolute Gasteiger partial charge is 0.549 e. The normalized spacial score (nSPS) is 13.3. The molecule has 1 aromatic heterocycles. The van der Waals surface area contributed by atoms with Crippen molar-refractivity contribution in [2.75, 3.05) is 6.26 Å². The van der Waals surface area contributed by atoms with E-state index in [9.17, 15) is 25.8 Å². The first-order valence-corrected chi connectivity index (χ1v) is 15.2. The van der Waals surface area contributed by atoms with Gasteiger partial charge in [0.1, 0.15) is 15.6 Å². The second kappa shape index (κ2) is 12.1. The summed E-state index contributed by atoms with van der Waals surface area (Å²) >= 11 is 5.84. The molecular weight excluding hydrogens is 627 g/mol. The van der Waals surface area contributed by atoms with Gasteiger partial charge in [0.15, 0.2) is 0 Å². The lowest BCUT2D eigenvalue weighted by Crippen LogP contribution is -2.10. The van der Waals surface area contributed by atoms with Gasteiger partial charge in [-0.2, -0.15) is 8.42 Å². The van der Waals surface area contributed by atoms with E-state index in [2.05, 4.69) is 19.7 Å². The van der Waals surface area contributed by atoms with Gasteiger partial charge < -0.3 is 5.73 Å². The van der Waals surface area contributed by atoms with E-state index in [1.54, 1.807) is 42.7 Å². The Morgan fingerprint density at radius 1 is 1.14 bits per heavy atom. The smallest absolute Gasteiger partial charge is 0.383 e. The van der Waals surface area contributed by atoms with Crippen LogP contribution in [0.15, 0.2) is 81.7 Å². The molecule has 3 aromatic rings. The summed E-state index contributed by atoms with van der Waals surface area (Å²) in [5.74, 6) is -0.182. The van der Waals surface area contributed by atoms with E-state index in [0.717, 1.165) is 5.56 Å². The SMILES string of the molecule is CSc1sc(C(=N)N)cc1S(=O)(=NS(=O)(=O)c1ccc(C)cc1)c1cccc(Br)c1.OOC(F)(F)F. The Balaban J connectivity index is 0.000000678. The van der Waals surface area contributed by atoms with Crippen LogP contribution in [0.5, 0.6) is 0 Å². The molecule has 0 bridgehead atoms. The maximum atomic E-state index is 14.3. The van der Waals surface area contributed by atoms with Crippen LogP contribution >= 0.6 is 39.0 Å². The molecule has 16 heteroatoms. The molecule has 3 rings (SSSR count). The Hall–Kier alpha value is -1.95. The van der Waals surface area contributed by atoms with Crippen LogP contribution in [0, 0.1) is 12.3 Å². The van der Waals surface area contributed by atoms with E-state index >= 15 is 0 Å². The van der Waals surface area contributed by atoms with Gasteiger partial charge in [-0.25, -0.2) is 9.47 Å². The van der Waals surface area contributed by atoms with Crippen molar-refractivity contribution in [2.45, 2.75) is 32.2 Å². The van der Waals surface area contributed by atoms with Gasteiger partial charge in [-0.3, -0.25) is 5.41 Å². The number of benzene rings is 2. The minimum absolute atomic E-state index is 0.0384. The summed E-state index contributed by atoms with van der Waals surface area (Å²) in [6.45, 7) is 1.84. The fourth-order valence-electron chi connectivity index (χ4n) is 2.57. The average Bonchev–Trinajstić information content (AvgIpc) is 3.25. The van der Waals surface area contributed by atoms with E-state index in [-0.39, 0.29) is 20.5 Å². The molecule has 1 unspecified atom stereocenters. The number of nitrogen functional groups attached to an aromatic ring is 1. The summed E-state index contributed by atoms with van der Waals surface area (Å²) < 4.78 is 76.7. The molecule has 0 saturated heterocycles. The van der Waals surface area contributed by atoms with Gasteiger partial charge in [0.25, 0.3) is 10.0 Å². The number of nitrogens with one attached hydrogen (secondary N) is 1. The van der Waals surface area contributed by atoms with Crippen LogP contribution in [-0.4, -0.2) is 36.3 Å². The maximum Gasteiger partial charge on any atom is 0.549 e. The number of amidine groups is 1. The summed E-state index contributed by atoms with van der Waals surface area (Å²) in [7, 11) is -7.83. The zero-order valence-electron chi connectivity index (χ0n) is 18.4. The number of rotatable bonds is 6. The maximum absolute atomic E-state index is 14.3. The van der Waals surface area contributed by atoms with Crippen molar-refractivity contribution in [3.8, 4) is 0 Å². The molecular formula is C20H19BrF3N3O5S4. The van der Waals surface area contributed by atoms with Gasteiger partial charge in [-0.15, -0.1) is 41.2 Å². The Kier molecular flexibility index (Phi) is 10.1. The number of alkyl halides is 3. The Morgan fingerprint density at radius 3 is 2.19 bits per heavy atom. The predicted octanol–water partition coefficient (Wildman–Crippen LogP) is 6.10. The first-order valence-electron chi connectivity index (χ1n) is 9.40. The molecule has 0 fully saturated rings. The highest BCUT2D eigenvalue weighted by molar-refractivity contribution is 9.10. The zero-order valence-corrected chi connectivity index (χ0v) is 23.3. The van der Waals surface area contributed by atoms with Gasteiger partial charge in [-0.05, 0) is 49.6 Å². The predicted molar refractivity (Wildman–Crippen MR) is 136 cm³/mol. The molecule has 0 aliphatic heterocycles. The standard InChI is InChI=1S/C19H18BrN3O3S4.CHF3O2/c1-12-6-8-14(9-7-12)30(25,26)23-29(24,15-5-3-4-13(20)10-15)17-11-16(18(21)22)28-19(17)27-2;2-1(3,4)6-5/h3-11H,1-2H3,(H3,21,22);5H. The first kappa shape index (κ1) is 30.3. The number of halogens is 4. The summed E-state index contributed by atoms with van der Waals surface area (Å²) in [6, 6.07) is 14.3. The summed E-state index contributed by atoms with van der Waals surface area (Å²) in [5.41, 5.74) is 6.52. The number of thioether (sulfide) groups is 1. The van der Waals surface area contributed by atoms with Crippen LogP contribution in [0.25, 0.3) is 0 Å². The lowest BCUT2D eigenvalue weighted by atomic mass is 10.2. The zero-order chi connectivity index (χ0) is 27.3. The van der Waals surface area contributed by atoms with Gasteiger partial charge in [0, 0.05) is 4.47 Å². The number of hydrogen-bond donors (Lipinski definition) is 3. The van der Waals surface area contributed by atoms with Crippen LogP contribution in [-0.2, 0) is 24.6 Å². The third kappa shape index (κ3) is 7.77. The van der Waals surface area contributed by atoms with Crippen LogP contribution < -0.4 is 5.73 Å². The van der Waals surface area contributed by atoms with Crippen LogP contribution in [0.2, 0.25) is 0 Å². The fourth-order valence-corrected chi connectivity index (χ4v) is 9.66. The first-order chi connectivity index (χ1) is 16.6. The monoisotopic (exact) mass is 645 g/mol. The number of thiophene rings is 1. The highest BCUT2D eigenvalue weighted by Crippen LogP contribution is 2.39. The molecule has 0 radical (unpaired) electrons. The number of nitrogens with two attached hydrogens (primary N) is 1. The summed E-state index contributed by atoms with van der Waals surface area (Å²) in [4.78, 5) is 2.78. The molecule has 0 spiro atoms. The topological polar surface area (TPSA) is 143 Å². The van der Waals surface area contributed by atoms with E-state index in [4.69, 9.17) is 16.4 Å². The lowest BCUT2D eigenvalue weighted by Gasteiger charge is -2.12. The fraction of sp³-hybridized carbons (Fsp3) is 0.150. The lowest BCUT2D eigenvalue weighted by molar-refractivity contribution is -0.464. The van der Waals surface area contributed by atoms with Crippen LogP contribution in [0.4, 0.5) is 13.2 Å². The Labute approximate surface area is 222 Å². The molecule has 36 heavy (non-hydrogen) atoms. The van der Waals surface area contributed by atoms with E-state index < -0.39 is 26.1 Å². The Morgan fingerprint density at radius 2 is 1.72 bits per heavy atom. The molecule has 0 aliphatic carbocycles. The van der Waals surface area contributed by atoms with Gasteiger partial charge >= 0.3 is 6.36 Å². The molecule has 2 aromatic carbocycles. The molecule has 0 amide bonds. The molecule has 0 aliphatic rings. The van der Waals surface area contributed by atoms with Gasteiger partial charge in [0.2, 0.25) is 0 Å². The van der Waals surface area contributed by atoms with Crippen molar-refractivity contribution < 1.29 is 35.9 Å². The van der Waals surface area contributed by atoms with E-state index in [1.165, 1.54) is 41.3 Å². The minimum Gasteiger partial charge on any atom is -0.383 e. The van der Waals surface area contributed by atoms with Crippen molar-refractivity contribution in [1.82, 2.24) is 0 Å². The molecule has 1 heterocycles. The second-order valence-electron chi connectivity index (χ2n) is 6.76. The third-order valence-corrected chi connectivity index (χ3v) is 11.5. The van der Waals surface area contributed by atoms with Crippen molar-refractivity contribution in [2.24, 2.45) is 9.50 Å². The van der Waals surface area contributed by atoms with Crippen LogP contribution in [0.3, 0.4) is 0 Å². The number of aryl methyl sites for hydroxylation is 1. The number of hydrogen-bond acceptors (Lipinski definition) is 8. The van der Waals surface area contributed by atoms with Gasteiger partial charge in [0.05, 0.1) is 23.8 Å².